The lowest BCUT2D eigenvalue weighted by atomic mass is 10.5. The summed E-state index contributed by atoms with van der Waals surface area (Å²) in [4.78, 5) is 0. The van der Waals surface area contributed by atoms with Crippen LogP contribution < -0.4 is 11.1 Å². The summed E-state index contributed by atoms with van der Waals surface area (Å²) in [6.07, 6.45) is 1.29. The van der Waals surface area contributed by atoms with E-state index in [4.69, 9.17) is 19.0 Å². The molecule has 20 heavy (non-hydrogen) atoms. The zero-order valence-corrected chi connectivity index (χ0v) is 15.1. The summed E-state index contributed by atoms with van der Waals surface area (Å²) in [6, 6.07) is 0.832. The Morgan fingerprint density at radius 1 is 0.850 bits per heavy atom. The Morgan fingerprint density at radius 3 is 1.65 bits per heavy atom. The molecule has 0 amide bonds. The van der Waals surface area contributed by atoms with Gasteiger partial charge < -0.3 is 24.3 Å². The van der Waals surface area contributed by atoms with E-state index in [9.17, 15) is 0 Å². The zero-order chi connectivity index (χ0) is 15.6. The standard InChI is InChI=1S/C14H34N2O3Si/c1-12(2)17-20(18-13(3)4,19-14(5)6)11-7-9-16-10-8-15/h12-14,16H,7-11,15H2,1-6H3. The molecule has 0 aromatic rings. The first-order valence-electron chi connectivity index (χ1n) is 7.75. The topological polar surface area (TPSA) is 65.7 Å². The van der Waals surface area contributed by atoms with E-state index in [0.29, 0.717) is 6.54 Å². The van der Waals surface area contributed by atoms with E-state index in [-0.39, 0.29) is 18.3 Å². The Bertz CT molecular complexity index is 212. The molecule has 0 saturated heterocycles. The molecule has 0 rings (SSSR count). The molecule has 0 aliphatic rings. The smallest absolute Gasteiger partial charge is 0.371 e. The van der Waals surface area contributed by atoms with Crippen molar-refractivity contribution in [2.75, 3.05) is 19.6 Å². The fourth-order valence-electron chi connectivity index (χ4n) is 1.99. The minimum atomic E-state index is -2.62. The van der Waals surface area contributed by atoms with Crippen LogP contribution in [0.4, 0.5) is 0 Å². The first kappa shape index (κ1) is 20.0. The normalized spacial score (nSPS) is 12.9. The fourth-order valence-corrected chi connectivity index (χ4v) is 5.28. The van der Waals surface area contributed by atoms with Crippen LogP contribution in [-0.2, 0) is 13.3 Å². The molecule has 0 radical (unpaired) electrons. The Morgan fingerprint density at radius 2 is 1.30 bits per heavy atom. The van der Waals surface area contributed by atoms with Crippen molar-refractivity contribution in [3.63, 3.8) is 0 Å². The van der Waals surface area contributed by atoms with Gasteiger partial charge in [-0.15, -0.1) is 0 Å². The Hall–Kier alpha value is 0.0169. The molecule has 0 atom stereocenters. The molecule has 0 spiro atoms. The van der Waals surface area contributed by atoms with Crippen LogP contribution in [0.5, 0.6) is 0 Å². The summed E-state index contributed by atoms with van der Waals surface area (Å²) in [5.41, 5.74) is 5.47. The van der Waals surface area contributed by atoms with Crippen LogP contribution in [0, 0.1) is 0 Å². The molecule has 0 aromatic heterocycles. The predicted octanol–water partition coefficient (Wildman–Crippen LogP) is 2.14. The lowest BCUT2D eigenvalue weighted by molar-refractivity contribution is 0.00292. The second-order valence-corrected chi connectivity index (χ2v) is 8.40. The molecule has 6 heteroatoms. The largest absolute Gasteiger partial charge is 0.501 e. The summed E-state index contributed by atoms with van der Waals surface area (Å²) in [6.45, 7) is 14.6. The first-order valence-corrected chi connectivity index (χ1v) is 9.68. The molecule has 0 aliphatic heterocycles. The minimum Gasteiger partial charge on any atom is -0.371 e. The van der Waals surface area contributed by atoms with Gasteiger partial charge in [-0.05, 0) is 54.5 Å². The van der Waals surface area contributed by atoms with E-state index in [1.54, 1.807) is 0 Å². The van der Waals surface area contributed by atoms with Crippen molar-refractivity contribution >= 4 is 8.80 Å². The number of hydrogen-bond donors (Lipinski definition) is 2. The van der Waals surface area contributed by atoms with Crippen molar-refractivity contribution in [2.45, 2.75) is 72.3 Å². The van der Waals surface area contributed by atoms with Crippen LogP contribution in [0.2, 0.25) is 6.04 Å². The van der Waals surface area contributed by atoms with Gasteiger partial charge in [0.05, 0.1) is 0 Å². The molecule has 5 nitrogen and oxygen atoms in total. The highest BCUT2D eigenvalue weighted by Crippen LogP contribution is 2.23. The van der Waals surface area contributed by atoms with Gasteiger partial charge >= 0.3 is 8.80 Å². The van der Waals surface area contributed by atoms with Gasteiger partial charge in [0.1, 0.15) is 0 Å². The molecule has 0 fully saturated rings. The molecular weight excluding hydrogens is 272 g/mol. The summed E-state index contributed by atoms with van der Waals surface area (Å²) < 4.78 is 18.3. The van der Waals surface area contributed by atoms with E-state index >= 15 is 0 Å². The lowest BCUT2D eigenvalue weighted by Gasteiger charge is -2.34. The number of rotatable bonds is 12. The van der Waals surface area contributed by atoms with Crippen LogP contribution in [0.15, 0.2) is 0 Å². The van der Waals surface area contributed by atoms with Crippen LogP contribution in [0.25, 0.3) is 0 Å². The second kappa shape index (κ2) is 10.7. The van der Waals surface area contributed by atoms with Gasteiger partial charge in [-0.25, -0.2) is 0 Å². The molecule has 0 saturated carbocycles. The molecule has 0 bridgehead atoms. The molecule has 0 aliphatic carbocycles. The van der Waals surface area contributed by atoms with E-state index < -0.39 is 8.80 Å². The molecule has 0 heterocycles. The van der Waals surface area contributed by atoms with E-state index in [2.05, 4.69) is 5.32 Å². The zero-order valence-electron chi connectivity index (χ0n) is 14.1. The predicted molar refractivity (Wildman–Crippen MR) is 85.8 cm³/mol. The highest BCUT2D eigenvalue weighted by molar-refractivity contribution is 6.60. The summed E-state index contributed by atoms with van der Waals surface area (Å²) in [5, 5.41) is 3.30. The van der Waals surface area contributed by atoms with Crippen molar-refractivity contribution < 1.29 is 13.3 Å². The highest BCUT2D eigenvalue weighted by Gasteiger charge is 2.43. The molecule has 3 N–H and O–H groups in total. The molecule has 0 unspecified atom stereocenters. The average Bonchev–Trinajstić information content (AvgIpc) is 2.25. The van der Waals surface area contributed by atoms with Gasteiger partial charge in [-0.2, -0.15) is 0 Å². The quantitative estimate of drug-likeness (QED) is 0.427. The lowest BCUT2D eigenvalue weighted by Crippen LogP contribution is -2.51. The first-order chi connectivity index (χ1) is 9.31. The van der Waals surface area contributed by atoms with E-state index in [1.807, 2.05) is 41.5 Å². The summed E-state index contributed by atoms with van der Waals surface area (Å²) >= 11 is 0. The minimum absolute atomic E-state index is 0.108. The van der Waals surface area contributed by atoms with Crippen LogP contribution in [0.3, 0.4) is 0 Å². The van der Waals surface area contributed by atoms with Gasteiger partial charge in [-0.3, -0.25) is 0 Å². The van der Waals surface area contributed by atoms with E-state index in [1.165, 1.54) is 0 Å². The third kappa shape index (κ3) is 9.85. The van der Waals surface area contributed by atoms with Crippen molar-refractivity contribution in [3.05, 3.63) is 0 Å². The third-order valence-corrected chi connectivity index (χ3v) is 5.86. The second-order valence-electron chi connectivity index (χ2n) is 5.83. The van der Waals surface area contributed by atoms with Gasteiger partial charge in [-0.1, -0.05) is 0 Å². The van der Waals surface area contributed by atoms with Gasteiger partial charge in [0.25, 0.3) is 0 Å². The fraction of sp³-hybridized carbons (Fsp3) is 1.00. The van der Waals surface area contributed by atoms with Crippen LogP contribution >= 0.6 is 0 Å². The van der Waals surface area contributed by atoms with E-state index in [0.717, 1.165) is 25.6 Å². The Balaban J connectivity index is 4.60. The van der Waals surface area contributed by atoms with Crippen molar-refractivity contribution in [1.82, 2.24) is 5.32 Å². The van der Waals surface area contributed by atoms with Gasteiger partial charge in [0.15, 0.2) is 0 Å². The molecular formula is C14H34N2O3Si. The average molecular weight is 307 g/mol. The summed E-state index contributed by atoms with van der Waals surface area (Å²) in [7, 11) is -2.62. The number of nitrogens with two attached hydrogens (primary N) is 1. The number of hydrogen-bond acceptors (Lipinski definition) is 5. The van der Waals surface area contributed by atoms with Gasteiger partial charge in [0.2, 0.25) is 0 Å². The van der Waals surface area contributed by atoms with Crippen LogP contribution in [-0.4, -0.2) is 46.8 Å². The van der Waals surface area contributed by atoms with Crippen LogP contribution in [0.1, 0.15) is 48.0 Å². The third-order valence-electron chi connectivity index (χ3n) is 2.40. The molecule has 122 valence electrons. The Kier molecular flexibility index (Phi) is 10.7. The SMILES string of the molecule is CC(C)O[Si](CCCNCCN)(OC(C)C)OC(C)C. The Labute approximate surface area is 125 Å². The van der Waals surface area contributed by atoms with Crippen molar-refractivity contribution in [3.8, 4) is 0 Å². The number of nitrogens with one attached hydrogen (secondary N) is 1. The van der Waals surface area contributed by atoms with Crippen molar-refractivity contribution in [1.29, 1.82) is 0 Å². The summed E-state index contributed by atoms with van der Waals surface area (Å²) in [5.74, 6) is 0. The maximum Gasteiger partial charge on any atom is 0.501 e. The van der Waals surface area contributed by atoms with Gasteiger partial charge in [0, 0.05) is 37.4 Å². The van der Waals surface area contributed by atoms with Crippen molar-refractivity contribution in [2.24, 2.45) is 5.73 Å². The monoisotopic (exact) mass is 306 g/mol. The maximum atomic E-state index is 6.11. The molecule has 0 aromatic carbocycles. The maximum absolute atomic E-state index is 6.11. The highest BCUT2D eigenvalue weighted by atomic mass is 28.4.